The van der Waals surface area contributed by atoms with Crippen molar-refractivity contribution in [1.29, 1.82) is 0 Å². The molecule has 1 heterocycles. The van der Waals surface area contributed by atoms with Crippen LogP contribution in [-0.4, -0.2) is 17.3 Å². The minimum atomic E-state index is 0.530. The van der Waals surface area contributed by atoms with Crippen LogP contribution in [0.3, 0.4) is 0 Å². The second-order valence-electron chi connectivity index (χ2n) is 2.97. The Labute approximate surface area is 87.9 Å². The van der Waals surface area contributed by atoms with Gasteiger partial charge in [-0.25, -0.2) is 4.98 Å². The highest BCUT2D eigenvalue weighted by atomic mass is 35.5. The van der Waals surface area contributed by atoms with Gasteiger partial charge in [0.15, 0.2) is 0 Å². The van der Waals surface area contributed by atoms with Crippen molar-refractivity contribution in [2.75, 3.05) is 12.3 Å². The van der Waals surface area contributed by atoms with Crippen LogP contribution < -0.4 is 5.73 Å². The van der Waals surface area contributed by atoms with Crippen LogP contribution in [0.2, 0.25) is 5.02 Å². The number of hydrogen-bond donors (Lipinski definition) is 1. The van der Waals surface area contributed by atoms with Gasteiger partial charge in [0.05, 0.1) is 10.0 Å². The molecule has 0 fully saturated rings. The first kappa shape index (κ1) is 10.8. The topological polar surface area (TPSA) is 38.9 Å². The molecule has 0 aliphatic carbocycles. The first-order valence-electron chi connectivity index (χ1n) is 4.17. The summed E-state index contributed by atoms with van der Waals surface area (Å²) in [4.78, 5) is 4.17. The highest BCUT2D eigenvalue weighted by Gasteiger charge is 2.01. The Morgan fingerprint density at radius 3 is 2.92 bits per heavy atom. The lowest BCUT2D eigenvalue weighted by Gasteiger charge is -2.06. The molecular formula is C9H13ClN2S. The van der Waals surface area contributed by atoms with E-state index in [1.54, 1.807) is 18.0 Å². The van der Waals surface area contributed by atoms with Crippen LogP contribution >= 0.6 is 23.4 Å². The zero-order chi connectivity index (χ0) is 9.68. The van der Waals surface area contributed by atoms with Crippen LogP contribution in [0, 0.1) is 5.92 Å². The lowest BCUT2D eigenvalue weighted by atomic mass is 10.2. The number of halogens is 1. The molecule has 72 valence electrons. The number of hydrogen-bond acceptors (Lipinski definition) is 3. The quantitative estimate of drug-likeness (QED) is 0.786. The van der Waals surface area contributed by atoms with Crippen molar-refractivity contribution in [3.05, 3.63) is 23.4 Å². The molecule has 1 atom stereocenters. The molecule has 4 heteroatoms. The van der Waals surface area contributed by atoms with Crippen LogP contribution in [0.4, 0.5) is 0 Å². The van der Waals surface area contributed by atoms with E-state index in [4.69, 9.17) is 17.3 Å². The van der Waals surface area contributed by atoms with Gasteiger partial charge < -0.3 is 5.73 Å². The van der Waals surface area contributed by atoms with Gasteiger partial charge in [0.25, 0.3) is 0 Å². The SMILES string of the molecule is CC(CN)CSc1ccc(Cl)cn1. The predicted molar refractivity (Wildman–Crippen MR) is 58.2 cm³/mol. The Morgan fingerprint density at radius 2 is 2.38 bits per heavy atom. The molecule has 0 aromatic carbocycles. The van der Waals surface area contributed by atoms with Crippen molar-refractivity contribution < 1.29 is 0 Å². The van der Waals surface area contributed by atoms with Crippen molar-refractivity contribution in [1.82, 2.24) is 4.98 Å². The number of aromatic nitrogens is 1. The Hall–Kier alpha value is -0.250. The molecule has 1 aromatic rings. The minimum absolute atomic E-state index is 0.530. The van der Waals surface area contributed by atoms with Crippen molar-refractivity contribution in [3.8, 4) is 0 Å². The fraction of sp³-hybridized carbons (Fsp3) is 0.444. The number of nitrogens with two attached hydrogens (primary N) is 1. The predicted octanol–water partition coefficient (Wildman–Crippen LogP) is 2.42. The van der Waals surface area contributed by atoms with E-state index < -0.39 is 0 Å². The molecule has 0 aliphatic heterocycles. The summed E-state index contributed by atoms with van der Waals surface area (Å²) < 4.78 is 0. The summed E-state index contributed by atoms with van der Waals surface area (Å²) in [5.74, 6) is 1.54. The fourth-order valence-corrected chi connectivity index (χ4v) is 1.74. The fourth-order valence-electron chi connectivity index (χ4n) is 0.743. The van der Waals surface area contributed by atoms with E-state index >= 15 is 0 Å². The third-order valence-electron chi connectivity index (χ3n) is 1.62. The Morgan fingerprint density at radius 1 is 1.62 bits per heavy atom. The largest absolute Gasteiger partial charge is 0.330 e. The summed E-state index contributed by atoms with van der Waals surface area (Å²) >= 11 is 7.42. The van der Waals surface area contributed by atoms with Crippen molar-refractivity contribution in [2.24, 2.45) is 11.7 Å². The zero-order valence-electron chi connectivity index (χ0n) is 7.53. The maximum atomic E-state index is 5.71. The molecule has 1 rings (SSSR count). The molecule has 0 bridgehead atoms. The van der Waals surface area contributed by atoms with E-state index in [9.17, 15) is 0 Å². The van der Waals surface area contributed by atoms with Gasteiger partial charge in [-0.05, 0) is 24.6 Å². The van der Waals surface area contributed by atoms with E-state index in [1.807, 2.05) is 12.1 Å². The minimum Gasteiger partial charge on any atom is -0.330 e. The second-order valence-corrected chi connectivity index (χ2v) is 4.44. The molecule has 2 N–H and O–H groups in total. The Kier molecular flexibility index (Phi) is 4.56. The summed E-state index contributed by atoms with van der Waals surface area (Å²) in [5, 5.41) is 1.68. The van der Waals surface area contributed by atoms with Crippen LogP contribution in [0.5, 0.6) is 0 Å². The summed E-state index contributed by atoms with van der Waals surface area (Å²) in [5.41, 5.74) is 5.51. The van der Waals surface area contributed by atoms with Gasteiger partial charge in [-0.2, -0.15) is 0 Å². The normalized spacial score (nSPS) is 12.8. The van der Waals surface area contributed by atoms with Crippen molar-refractivity contribution in [2.45, 2.75) is 11.9 Å². The smallest absolute Gasteiger partial charge is 0.0961 e. The molecule has 0 saturated heterocycles. The molecule has 0 saturated carbocycles. The first-order valence-corrected chi connectivity index (χ1v) is 5.53. The van der Waals surface area contributed by atoms with E-state index in [-0.39, 0.29) is 0 Å². The third kappa shape index (κ3) is 3.98. The van der Waals surface area contributed by atoms with Gasteiger partial charge in [0.2, 0.25) is 0 Å². The highest BCUT2D eigenvalue weighted by Crippen LogP contribution is 2.19. The van der Waals surface area contributed by atoms with Gasteiger partial charge in [-0.1, -0.05) is 18.5 Å². The molecule has 1 aromatic heterocycles. The molecule has 13 heavy (non-hydrogen) atoms. The highest BCUT2D eigenvalue weighted by molar-refractivity contribution is 7.99. The van der Waals surface area contributed by atoms with Gasteiger partial charge in [0.1, 0.15) is 0 Å². The summed E-state index contributed by atoms with van der Waals surface area (Å²) in [6.07, 6.45) is 1.66. The molecule has 0 aliphatic rings. The maximum Gasteiger partial charge on any atom is 0.0961 e. The number of rotatable bonds is 4. The maximum absolute atomic E-state index is 5.71. The standard InChI is InChI=1S/C9H13ClN2S/c1-7(4-11)6-13-9-3-2-8(10)5-12-9/h2-3,5,7H,4,6,11H2,1H3. The van der Waals surface area contributed by atoms with Crippen LogP contribution in [0.25, 0.3) is 0 Å². The molecule has 2 nitrogen and oxygen atoms in total. The lowest BCUT2D eigenvalue weighted by molar-refractivity contribution is 0.675. The van der Waals surface area contributed by atoms with Crippen molar-refractivity contribution in [3.63, 3.8) is 0 Å². The lowest BCUT2D eigenvalue weighted by Crippen LogP contribution is -2.12. The average molecular weight is 217 g/mol. The second kappa shape index (κ2) is 5.47. The molecule has 1 unspecified atom stereocenters. The van der Waals surface area contributed by atoms with Gasteiger partial charge in [-0.3, -0.25) is 0 Å². The van der Waals surface area contributed by atoms with E-state index in [0.29, 0.717) is 10.9 Å². The van der Waals surface area contributed by atoms with E-state index in [2.05, 4.69) is 11.9 Å². The summed E-state index contributed by atoms with van der Waals surface area (Å²) in [7, 11) is 0. The van der Waals surface area contributed by atoms with Gasteiger partial charge >= 0.3 is 0 Å². The Bertz CT molecular complexity index is 250. The summed E-state index contributed by atoms with van der Waals surface area (Å²) in [6, 6.07) is 3.78. The molecule has 0 spiro atoms. The molecule has 0 radical (unpaired) electrons. The zero-order valence-corrected chi connectivity index (χ0v) is 9.11. The van der Waals surface area contributed by atoms with E-state index in [1.165, 1.54) is 0 Å². The van der Waals surface area contributed by atoms with Gasteiger partial charge in [-0.15, -0.1) is 11.8 Å². The Balaban J connectivity index is 2.41. The number of thioether (sulfide) groups is 1. The van der Waals surface area contributed by atoms with Crippen LogP contribution in [-0.2, 0) is 0 Å². The van der Waals surface area contributed by atoms with Crippen LogP contribution in [0.15, 0.2) is 23.4 Å². The third-order valence-corrected chi connectivity index (χ3v) is 3.11. The summed E-state index contributed by atoms with van der Waals surface area (Å²) in [6.45, 7) is 2.85. The first-order chi connectivity index (χ1) is 6.22. The van der Waals surface area contributed by atoms with Crippen molar-refractivity contribution >= 4 is 23.4 Å². The van der Waals surface area contributed by atoms with Crippen LogP contribution in [0.1, 0.15) is 6.92 Å². The average Bonchev–Trinajstić information content (AvgIpc) is 2.16. The van der Waals surface area contributed by atoms with E-state index in [0.717, 1.165) is 17.3 Å². The number of nitrogens with zero attached hydrogens (tertiary/aromatic N) is 1. The molecular weight excluding hydrogens is 204 g/mol. The molecule has 0 amide bonds. The monoisotopic (exact) mass is 216 g/mol. The number of pyridine rings is 1. The van der Waals surface area contributed by atoms with Gasteiger partial charge in [0, 0.05) is 11.9 Å².